The van der Waals surface area contributed by atoms with Crippen molar-refractivity contribution >= 4 is 28.9 Å². The maximum atomic E-state index is 4.64. The summed E-state index contributed by atoms with van der Waals surface area (Å²) in [5, 5.41) is 2.07. The van der Waals surface area contributed by atoms with E-state index in [0.717, 1.165) is 43.7 Å². The lowest BCUT2D eigenvalue weighted by molar-refractivity contribution is 0.249. The van der Waals surface area contributed by atoms with Gasteiger partial charge in [-0.15, -0.1) is 11.3 Å². The molecular weight excluding hydrogens is 314 g/mol. The van der Waals surface area contributed by atoms with Crippen molar-refractivity contribution in [2.24, 2.45) is 0 Å². The molecule has 118 valence electrons. The topological polar surface area (TPSA) is 45.2 Å². The molecule has 3 rings (SSSR count). The van der Waals surface area contributed by atoms with Crippen LogP contribution < -0.4 is 4.90 Å². The molecule has 0 aliphatic carbocycles. The zero-order valence-electron chi connectivity index (χ0n) is 13.2. The van der Waals surface area contributed by atoms with E-state index in [2.05, 4.69) is 38.6 Å². The first-order valence-electron chi connectivity index (χ1n) is 7.43. The van der Waals surface area contributed by atoms with E-state index in [1.54, 1.807) is 11.8 Å². The summed E-state index contributed by atoms with van der Waals surface area (Å²) in [4.78, 5) is 19.6. The van der Waals surface area contributed by atoms with Gasteiger partial charge in [-0.05, 0) is 26.2 Å². The molecule has 0 aromatic carbocycles. The SMILES string of the molecule is CSc1nccc(N2CCN(Cc3nc(C)c(C)s3)CC2)n1. The molecule has 1 fully saturated rings. The number of hydrogen-bond donors (Lipinski definition) is 0. The van der Waals surface area contributed by atoms with Gasteiger partial charge in [0.05, 0.1) is 12.2 Å². The highest BCUT2D eigenvalue weighted by molar-refractivity contribution is 7.98. The predicted octanol–water partition coefficient (Wildman–Crippen LogP) is 2.59. The van der Waals surface area contributed by atoms with Crippen LogP contribution >= 0.6 is 23.1 Å². The van der Waals surface area contributed by atoms with Crippen molar-refractivity contribution in [3.8, 4) is 0 Å². The Hall–Kier alpha value is -1.18. The summed E-state index contributed by atoms with van der Waals surface area (Å²) in [6.45, 7) is 9.32. The van der Waals surface area contributed by atoms with Crippen molar-refractivity contribution in [2.45, 2.75) is 25.5 Å². The highest BCUT2D eigenvalue weighted by Gasteiger charge is 2.19. The van der Waals surface area contributed by atoms with Gasteiger partial charge in [0, 0.05) is 37.3 Å². The van der Waals surface area contributed by atoms with Gasteiger partial charge in [0.2, 0.25) is 0 Å². The molecule has 5 nitrogen and oxygen atoms in total. The molecule has 0 bridgehead atoms. The number of aromatic nitrogens is 3. The van der Waals surface area contributed by atoms with Gasteiger partial charge < -0.3 is 4.90 Å². The molecule has 22 heavy (non-hydrogen) atoms. The summed E-state index contributed by atoms with van der Waals surface area (Å²) in [6.07, 6.45) is 3.86. The summed E-state index contributed by atoms with van der Waals surface area (Å²) in [5.74, 6) is 1.04. The Kier molecular flexibility index (Phi) is 4.95. The van der Waals surface area contributed by atoms with Crippen LogP contribution in [0.1, 0.15) is 15.6 Å². The fourth-order valence-electron chi connectivity index (χ4n) is 2.54. The normalized spacial score (nSPS) is 16.2. The molecule has 0 amide bonds. The van der Waals surface area contributed by atoms with Crippen molar-refractivity contribution in [1.29, 1.82) is 0 Å². The lowest BCUT2D eigenvalue weighted by atomic mass is 10.3. The van der Waals surface area contributed by atoms with Crippen LogP contribution in [-0.2, 0) is 6.54 Å². The van der Waals surface area contributed by atoms with Gasteiger partial charge >= 0.3 is 0 Å². The van der Waals surface area contributed by atoms with Crippen molar-refractivity contribution < 1.29 is 0 Å². The molecule has 1 aliphatic heterocycles. The molecule has 0 atom stereocenters. The van der Waals surface area contributed by atoms with Crippen molar-refractivity contribution in [1.82, 2.24) is 19.9 Å². The van der Waals surface area contributed by atoms with Crippen molar-refractivity contribution in [3.63, 3.8) is 0 Å². The van der Waals surface area contributed by atoms with Crippen LogP contribution in [-0.4, -0.2) is 52.3 Å². The monoisotopic (exact) mass is 335 g/mol. The molecule has 3 heterocycles. The van der Waals surface area contributed by atoms with Crippen LogP contribution in [0.2, 0.25) is 0 Å². The van der Waals surface area contributed by atoms with Gasteiger partial charge in [-0.2, -0.15) is 0 Å². The molecule has 7 heteroatoms. The average Bonchev–Trinajstić information content (AvgIpc) is 2.86. The van der Waals surface area contributed by atoms with E-state index in [9.17, 15) is 0 Å². The van der Waals surface area contributed by atoms with Gasteiger partial charge in [-0.25, -0.2) is 15.0 Å². The Morgan fingerprint density at radius 3 is 2.59 bits per heavy atom. The molecule has 1 aliphatic rings. The number of thiazole rings is 1. The van der Waals surface area contributed by atoms with Gasteiger partial charge in [0.1, 0.15) is 10.8 Å². The van der Waals surface area contributed by atoms with Crippen LogP contribution in [0.4, 0.5) is 5.82 Å². The molecule has 2 aromatic heterocycles. The first-order chi connectivity index (χ1) is 10.7. The van der Waals surface area contributed by atoms with E-state index in [1.807, 2.05) is 29.9 Å². The molecule has 0 radical (unpaired) electrons. The standard InChI is InChI=1S/C15H21N5S2/c1-11-12(2)22-14(17-11)10-19-6-8-20(9-7-19)13-4-5-16-15(18-13)21-3/h4-5H,6-10H2,1-3H3. The predicted molar refractivity (Wildman–Crippen MR) is 92.9 cm³/mol. The third-order valence-corrected chi connectivity index (χ3v) is 5.55. The smallest absolute Gasteiger partial charge is 0.189 e. The van der Waals surface area contributed by atoms with Crippen LogP contribution in [0.15, 0.2) is 17.4 Å². The molecule has 0 N–H and O–H groups in total. The Morgan fingerprint density at radius 2 is 1.95 bits per heavy atom. The zero-order chi connectivity index (χ0) is 15.5. The second kappa shape index (κ2) is 6.93. The van der Waals surface area contributed by atoms with E-state index >= 15 is 0 Å². The van der Waals surface area contributed by atoms with Crippen LogP contribution in [0, 0.1) is 13.8 Å². The van der Waals surface area contributed by atoms with Crippen molar-refractivity contribution in [2.75, 3.05) is 37.3 Å². The summed E-state index contributed by atoms with van der Waals surface area (Å²) >= 11 is 3.41. The Labute approximate surface area is 139 Å². The number of nitrogens with zero attached hydrogens (tertiary/aromatic N) is 5. The van der Waals surface area contributed by atoms with E-state index in [4.69, 9.17) is 0 Å². The third-order valence-electron chi connectivity index (χ3n) is 3.93. The molecule has 2 aromatic rings. The first-order valence-corrected chi connectivity index (χ1v) is 9.47. The van der Waals surface area contributed by atoms with Crippen LogP contribution in [0.25, 0.3) is 0 Å². The second-order valence-corrected chi connectivity index (χ2v) is 7.48. The average molecular weight is 336 g/mol. The minimum Gasteiger partial charge on any atom is -0.354 e. The minimum atomic E-state index is 0.841. The number of thioether (sulfide) groups is 1. The highest BCUT2D eigenvalue weighted by atomic mass is 32.2. The molecule has 0 unspecified atom stereocenters. The van der Waals surface area contributed by atoms with Crippen LogP contribution in [0.3, 0.4) is 0 Å². The van der Waals surface area contributed by atoms with E-state index in [0.29, 0.717) is 0 Å². The molecular formula is C15H21N5S2. The largest absolute Gasteiger partial charge is 0.354 e. The van der Waals surface area contributed by atoms with E-state index < -0.39 is 0 Å². The summed E-state index contributed by atoms with van der Waals surface area (Å²) in [6, 6.07) is 2.00. The molecule has 0 saturated carbocycles. The van der Waals surface area contributed by atoms with Gasteiger partial charge in [-0.3, -0.25) is 4.90 Å². The van der Waals surface area contributed by atoms with E-state index in [-0.39, 0.29) is 0 Å². The summed E-state index contributed by atoms with van der Waals surface area (Å²) in [7, 11) is 0. The maximum absolute atomic E-state index is 4.64. The Balaban J connectivity index is 1.57. The molecule has 1 saturated heterocycles. The third kappa shape index (κ3) is 3.59. The Morgan fingerprint density at radius 1 is 1.18 bits per heavy atom. The maximum Gasteiger partial charge on any atom is 0.189 e. The minimum absolute atomic E-state index is 0.841. The zero-order valence-corrected chi connectivity index (χ0v) is 14.9. The number of anilines is 1. The number of piperazine rings is 1. The first kappa shape index (κ1) is 15.7. The van der Waals surface area contributed by atoms with Gasteiger partial charge in [0.25, 0.3) is 0 Å². The Bertz CT molecular complexity index is 615. The quantitative estimate of drug-likeness (QED) is 0.632. The van der Waals surface area contributed by atoms with Gasteiger partial charge in [0.15, 0.2) is 5.16 Å². The fraction of sp³-hybridized carbons (Fsp3) is 0.533. The fourth-order valence-corrected chi connectivity index (χ4v) is 3.87. The number of aryl methyl sites for hydroxylation is 2. The number of rotatable bonds is 4. The molecule has 0 spiro atoms. The van der Waals surface area contributed by atoms with Crippen LogP contribution in [0.5, 0.6) is 0 Å². The lowest BCUT2D eigenvalue weighted by Crippen LogP contribution is -2.46. The summed E-state index contributed by atoms with van der Waals surface area (Å²) in [5.41, 5.74) is 1.17. The van der Waals surface area contributed by atoms with Gasteiger partial charge in [-0.1, -0.05) is 11.8 Å². The van der Waals surface area contributed by atoms with E-state index in [1.165, 1.54) is 15.6 Å². The van der Waals surface area contributed by atoms with Crippen molar-refractivity contribution in [3.05, 3.63) is 27.8 Å². The highest BCUT2D eigenvalue weighted by Crippen LogP contribution is 2.20. The second-order valence-electron chi connectivity index (χ2n) is 5.41. The summed E-state index contributed by atoms with van der Waals surface area (Å²) < 4.78 is 0. The lowest BCUT2D eigenvalue weighted by Gasteiger charge is -2.34. The number of hydrogen-bond acceptors (Lipinski definition) is 7.